The van der Waals surface area contributed by atoms with E-state index in [1.807, 2.05) is 18.2 Å². The Labute approximate surface area is 180 Å². The first kappa shape index (κ1) is 19.6. The van der Waals surface area contributed by atoms with Crippen molar-refractivity contribution in [1.29, 1.82) is 0 Å². The van der Waals surface area contributed by atoms with Gasteiger partial charge in [0.2, 0.25) is 5.78 Å². The van der Waals surface area contributed by atoms with E-state index in [-0.39, 0.29) is 5.78 Å². The molecule has 6 nitrogen and oxygen atoms in total. The number of rotatable bonds is 4. The predicted molar refractivity (Wildman–Crippen MR) is 114 cm³/mol. The molecule has 0 spiro atoms. The van der Waals surface area contributed by atoms with Crippen LogP contribution in [0.4, 0.5) is 0 Å². The Hall–Kier alpha value is -2.38. The second-order valence-corrected chi connectivity index (χ2v) is 8.13. The zero-order valence-electron chi connectivity index (χ0n) is 16.6. The van der Waals surface area contributed by atoms with Crippen molar-refractivity contribution in [1.82, 2.24) is 9.80 Å². The lowest BCUT2D eigenvalue weighted by atomic mass is 10.0. The van der Waals surface area contributed by atoms with Crippen molar-refractivity contribution in [2.75, 3.05) is 46.1 Å². The maximum atomic E-state index is 12.9. The van der Waals surface area contributed by atoms with Gasteiger partial charge < -0.3 is 14.2 Å². The molecule has 0 atom stereocenters. The number of hydrogen-bond donors (Lipinski definition) is 0. The molecule has 0 aromatic heterocycles. The third kappa shape index (κ3) is 3.96. The van der Waals surface area contributed by atoms with Crippen LogP contribution >= 0.6 is 11.6 Å². The number of allylic oxidation sites excluding steroid dienone is 1. The van der Waals surface area contributed by atoms with Crippen LogP contribution < -0.4 is 9.47 Å². The highest BCUT2D eigenvalue weighted by molar-refractivity contribution is 6.30. The van der Waals surface area contributed by atoms with E-state index >= 15 is 0 Å². The van der Waals surface area contributed by atoms with E-state index in [1.54, 1.807) is 24.3 Å². The molecule has 1 saturated heterocycles. The molecule has 5 rings (SSSR count). The molecule has 0 N–H and O–H groups in total. The fraction of sp³-hybridized carbons (Fsp3) is 0.348. The van der Waals surface area contributed by atoms with Gasteiger partial charge in [-0.15, -0.1) is 0 Å². The van der Waals surface area contributed by atoms with Crippen molar-refractivity contribution >= 4 is 23.5 Å². The number of ether oxygens (including phenoxy) is 3. The summed E-state index contributed by atoms with van der Waals surface area (Å²) in [5.74, 6) is 1.63. The van der Waals surface area contributed by atoms with Crippen LogP contribution in [0, 0.1) is 0 Å². The summed E-state index contributed by atoms with van der Waals surface area (Å²) in [5, 5.41) is 0.655. The molecule has 2 aromatic rings. The number of ketones is 1. The largest absolute Gasteiger partial charge is 0.478 e. The molecule has 156 valence electrons. The number of nitrogens with zero attached hydrogens (tertiary/aromatic N) is 2. The van der Waals surface area contributed by atoms with Gasteiger partial charge in [-0.2, -0.15) is 0 Å². The van der Waals surface area contributed by atoms with Gasteiger partial charge in [-0.25, -0.2) is 0 Å². The molecule has 0 bridgehead atoms. The minimum atomic E-state index is -0.104. The first-order valence-electron chi connectivity index (χ1n) is 10.2. The average Bonchev–Trinajstić information content (AvgIpc) is 3.10. The van der Waals surface area contributed by atoms with E-state index in [0.717, 1.165) is 56.3 Å². The summed E-state index contributed by atoms with van der Waals surface area (Å²) in [5.41, 5.74) is 2.40. The van der Waals surface area contributed by atoms with Crippen molar-refractivity contribution in [3.8, 4) is 11.5 Å². The topological polar surface area (TPSA) is 51.2 Å². The van der Waals surface area contributed by atoms with E-state index in [2.05, 4.69) is 9.80 Å². The van der Waals surface area contributed by atoms with Crippen LogP contribution in [0.25, 0.3) is 6.08 Å². The van der Waals surface area contributed by atoms with E-state index < -0.39 is 0 Å². The van der Waals surface area contributed by atoms with Crippen LogP contribution in [0.15, 0.2) is 42.2 Å². The Morgan fingerprint density at radius 2 is 1.77 bits per heavy atom. The Bertz CT molecular complexity index is 983. The number of Topliss-reactive ketones (excluding diaryl/α,β-unsaturated/α-hetero) is 1. The van der Waals surface area contributed by atoms with Gasteiger partial charge in [0, 0.05) is 37.7 Å². The average molecular weight is 427 g/mol. The Balaban J connectivity index is 1.33. The van der Waals surface area contributed by atoms with E-state index in [0.29, 0.717) is 35.4 Å². The highest BCUT2D eigenvalue weighted by atomic mass is 35.5. The molecule has 3 aliphatic heterocycles. The SMILES string of the molecule is O=C1/C(=C/c2ccc(Cl)cc2)Oc2c1ccc1c2CN(CCN2CCOCC2)CO1. The minimum Gasteiger partial charge on any atom is -0.478 e. The van der Waals surface area contributed by atoms with Crippen LogP contribution in [0.5, 0.6) is 11.5 Å². The molecule has 2 aromatic carbocycles. The van der Waals surface area contributed by atoms with Crippen LogP contribution in [0.1, 0.15) is 21.5 Å². The lowest BCUT2D eigenvalue weighted by Gasteiger charge is -2.33. The summed E-state index contributed by atoms with van der Waals surface area (Å²) in [6.07, 6.45) is 1.75. The van der Waals surface area contributed by atoms with E-state index in [9.17, 15) is 4.79 Å². The molecular formula is C23H23ClN2O4. The van der Waals surface area contributed by atoms with Crippen molar-refractivity contribution in [3.63, 3.8) is 0 Å². The molecule has 7 heteroatoms. The molecular weight excluding hydrogens is 404 g/mol. The van der Waals surface area contributed by atoms with Crippen LogP contribution in [0.3, 0.4) is 0 Å². The van der Waals surface area contributed by atoms with Gasteiger partial charge in [-0.3, -0.25) is 14.6 Å². The molecule has 0 aliphatic carbocycles. The van der Waals surface area contributed by atoms with Gasteiger partial charge in [-0.1, -0.05) is 23.7 Å². The van der Waals surface area contributed by atoms with Gasteiger partial charge in [0.25, 0.3) is 0 Å². The molecule has 1 fully saturated rings. The third-order valence-electron chi connectivity index (χ3n) is 5.69. The molecule has 3 heterocycles. The zero-order chi connectivity index (χ0) is 20.5. The Kier molecular flexibility index (Phi) is 5.48. The number of halogens is 1. The molecule has 0 saturated carbocycles. The molecule has 3 aliphatic rings. The van der Waals surface area contributed by atoms with Gasteiger partial charge in [0.15, 0.2) is 5.76 Å². The molecule has 0 unspecified atom stereocenters. The predicted octanol–water partition coefficient (Wildman–Crippen LogP) is 3.44. The monoisotopic (exact) mass is 426 g/mol. The highest BCUT2D eigenvalue weighted by Crippen LogP contribution is 2.42. The van der Waals surface area contributed by atoms with Crippen molar-refractivity contribution in [2.45, 2.75) is 6.54 Å². The summed E-state index contributed by atoms with van der Waals surface area (Å²) in [4.78, 5) is 17.5. The first-order chi connectivity index (χ1) is 14.7. The third-order valence-corrected chi connectivity index (χ3v) is 5.94. The standard InChI is InChI=1S/C23H23ClN2O4/c24-17-3-1-16(2-4-17)13-21-22(27)18-5-6-20-19(23(18)30-21)14-26(15-29-20)8-7-25-9-11-28-12-10-25/h1-6,13H,7-12,14-15H2/b21-13-. The van der Waals surface area contributed by atoms with E-state index in [1.165, 1.54) is 0 Å². The van der Waals surface area contributed by atoms with Gasteiger partial charge in [0.05, 0.1) is 24.3 Å². The number of hydrogen-bond acceptors (Lipinski definition) is 6. The normalized spacial score (nSPS) is 20.6. The lowest BCUT2D eigenvalue weighted by molar-refractivity contribution is 0.0239. The maximum Gasteiger partial charge on any atom is 0.231 e. The maximum absolute atomic E-state index is 12.9. The number of benzene rings is 2. The van der Waals surface area contributed by atoms with E-state index in [4.69, 9.17) is 25.8 Å². The summed E-state index contributed by atoms with van der Waals surface area (Å²) >= 11 is 5.95. The van der Waals surface area contributed by atoms with Crippen molar-refractivity contribution in [2.24, 2.45) is 0 Å². The van der Waals surface area contributed by atoms with Gasteiger partial charge in [0.1, 0.15) is 18.2 Å². The fourth-order valence-electron chi connectivity index (χ4n) is 3.97. The van der Waals surface area contributed by atoms with Crippen LogP contribution in [0.2, 0.25) is 5.02 Å². The lowest BCUT2D eigenvalue weighted by Crippen LogP contribution is -2.43. The Morgan fingerprint density at radius 3 is 2.57 bits per heavy atom. The zero-order valence-corrected chi connectivity index (χ0v) is 17.4. The van der Waals surface area contributed by atoms with Gasteiger partial charge in [-0.05, 0) is 35.9 Å². The minimum absolute atomic E-state index is 0.104. The number of carbonyl (C=O) groups excluding carboxylic acids is 1. The molecule has 0 amide bonds. The molecule has 30 heavy (non-hydrogen) atoms. The number of carbonyl (C=O) groups is 1. The quantitative estimate of drug-likeness (QED) is 0.698. The van der Waals surface area contributed by atoms with Gasteiger partial charge >= 0.3 is 0 Å². The summed E-state index contributed by atoms with van der Waals surface area (Å²) in [7, 11) is 0. The summed E-state index contributed by atoms with van der Waals surface area (Å²) < 4.78 is 17.4. The second-order valence-electron chi connectivity index (χ2n) is 7.69. The Morgan fingerprint density at radius 1 is 1.00 bits per heavy atom. The second kappa shape index (κ2) is 8.40. The van der Waals surface area contributed by atoms with Crippen LogP contribution in [-0.2, 0) is 11.3 Å². The molecule has 0 radical (unpaired) electrons. The van der Waals surface area contributed by atoms with Crippen molar-refractivity contribution in [3.05, 3.63) is 63.9 Å². The summed E-state index contributed by atoms with van der Waals surface area (Å²) in [6, 6.07) is 11.0. The number of fused-ring (bicyclic) bond motifs is 3. The smallest absolute Gasteiger partial charge is 0.231 e. The first-order valence-corrected chi connectivity index (χ1v) is 10.6. The number of morpholine rings is 1. The van der Waals surface area contributed by atoms with Crippen LogP contribution in [-0.4, -0.2) is 61.7 Å². The fourth-order valence-corrected chi connectivity index (χ4v) is 4.09. The summed E-state index contributed by atoms with van der Waals surface area (Å²) in [6.45, 7) is 6.64. The van der Waals surface area contributed by atoms with Crippen molar-refractivity contribution < 1.29 is 19.0 Å². The highest BCUT2D eigenvalue weighted by Gasteiger charge is 2.33.